The van der Waals surface area contributed by atoms with Gasteiger partial charge in [0.15, 0.2) is 0 Å². The van der Waals surface area contributed by atoms with E-state index in [1.807, 2.05) is 6.07 Å². The number of nitrogens with zero attached hydrogens (tertiary/aromatic N) is 1. The smallest absolute Gasteiger partial charge is 0.337 e. The molecule has 1 aliphatic rings. The number of rotatable bonds is 7. The molecule has 1 aromatic heterocycles. The van der Waals surface area contributed by atoms with Crippen molar-refractivity contribution in [1.82, 2.24) is 0 Å². The van der Waals surface area contributed by atoms with Crippen LogP contribution in [-0.4, -0.2) is 29.0 Å². The van der Waals surface area contributed by atoms with Crippen LogP contribution in [0.3, 0.4) is 0 Å². The number of carbonyl (C=O) groups is 1. The molecule has 1 fully saturated rings. The molecule has 0 radical (unpaired) electrons. The second kappa shape index (κ2) is 10.5. The summed E-state index contributed by atoms with van der Waals surface area (Å²) in [7, 11) is 2.72. The fourth-order valence-corrected chi connectivity index (χ4v) is 6.35. The molecule has 0 bridgehead atoms. The first-order valence-corrected chi connectivity index (χ1v) is 13.4. The van der Waals surface area contributed by atoms with E-state index in [4.69, 9.17) is 9.47 Å². The average Bonchev–Trinajstić information content (AvgIpc) is 3.33. The highest BCUT2D eigenvalue weighted by Crippen LogP contribution is 2.44. The monoisotopic (exact) mass is 512 g/mol. The van der Waals surface area contributed by atoms with Gasteiger partial charge in [0.25, 0.3) is 0 Å². The third-order valence-electron chi connectivity index (χ3n) is 6.77. The van der Waals surface area contributed by atoms with Crippen LogP contribution in [0.2, 0.25) is 0 Å². The number of hydrogen-bond donors (Lipinski definition) is 0. The summed E-state index contributed by atoms with van der Waals surface area (Å²) in [5.74, 6) is 0.338. The minimum Gasteiger partial charge on any atom is -0.755 e. The molecule has 3 aromatic rings. The van der Waals surface area contributed by atoms with Crippen molar-refractivity contribution in [2.45, 2.75) is 45.4 Å². The maximum Gasteiger partial charge on any atom is 0.337 e. The Hall–Kier alpha value is -2.68. The molecule has 8 heteroatoms. The van der Waals surface area contributed by atoms with Crippen molar-refractivity contribution < 1.29 is 23.0 Å². The molecule has 6 nitrogen and oxygen atoms in total. The maximum absolute atomic E-state index is 12.2. The van der Waals surface area contributed by atoms with Gasteiger partial charge in [0.05, 0.1) is 36.7 Å². The summed E-state index contributed by atoms with van der Waals surface area (Å²) in [5.41, 5.74) is 3.46. The van der Waals surface area contributed by atoms with Gasteiger partial charge in [0.2, 0.25) is 0 Å². The maximum atomic E-state index is 12.2. The molecule has 0 saturated heterocycles. The minimum absolute atomic E-state index is 0.257. The molecule has 1 unspecified atom stereocenters. The summed E-state index contributed by atoms with van der Waals surface area (Å²) >= 11 is -1.22. The standard InChI is InChI=1S/C27H31NO5S2/c1-27(2)15-13-19(14-16-27)18-5-7-20(8-6-18)24-11-12-25(34-24)28(35(30)31)22-10-9-21(26(29)33-4)17-23(22)32-3/h5-12,17,19H,13-16H2,1-4H3,(H,30,31)/p-1. The van der Waals surface area contributed by atoms with Gasteiger partial charge in [-0.3, -0.25) is 8.51 Å². The van der Waals surface area contributed by atoms with Crippen LogP contribution in [0.15, 0.2) is 54.6 Å². The fraction of sp³-hybridized carbons (Fsp3) is 0.370. The lowest BCUT2D eigenvalue weighted by molar-refractivity contribution is 0.0600. The van der Waals surface area contributed by atoms with E-state index in [1.165, 1.54) is 73.2 Å². The fourth-order valence-electron chi connectivity index (χ4n) is 4.61. The van der Waals surface area contributed by atoms with Crippen molar-refractivity contribution in [1.29, 1.82) is 0 Å². The zero-order valence-corrected chi connectivity index (χ0v) is 22.0. The Balaban J connectivity index is 1.58. The molecule has 1 atom stereocenters. The van der Waals surface area contributed by atoms with E-state index < -0.39 is 17.2 Å². The van der Waals surface area contributed by atoms with Crippen LogP contribution in [-0.2, 0) is 16.0 Å². The summed E-state index contributed by atoms with van der Waals surface area (Å²) in [6, 6.07) is 16.9. The van der Waals surface area contributed by atoms with Crippen LogP contribution >= 0.6 is 11.3 Å². The minimum atomic E-state index is -2.60. The molecule has 4 rings (SSSR count). The lowest BCUT2D eigenvalue weighted by Gasteiger charge is -2.34. The largest absolute Gasteiger partial charge is 0.755 e. The van der Waals surface area contributed by atoms with Crippen molar-refractivity contribution in [2.24, 2.45) is 5.41 Å². The van der Waals surface area contributed by atoms with Crippen LogP contribution in [0, 0.1) is 5.41 Å². The quantitative estimate of drug-likeness (QED) is 0.256. The van der Waals surface area contributed by atoms with Gasteiger partial charge in [0.1, 0.15) is 10.8 Å². The van der Waals surface area contributed by atoms with Gasteiger partial charge in [-0.25, -0.2) is 4.79 Å². The Morgan fingerprint density at radius 1 is 1.06 bits per heavy atom. The van der Waals surface area contributed by atoms with Gasteiger partial charge in [-0.2, -0.15) is 0 Å². The van der Waals surface area contributed by atoms with Crippen molar-refractivity contribution in [3.63, 3.8) is 0 Å². The van der Waals surface area contributed by atoms with Crippen molar-refractivity contribution in [2.75, 3.05) is 18.5 Å². The van der Waals surface area contributed by atoms with Crippen LogP contribution in [0.25, 0.3) is 10.4 Å². The van der Waals surface area contributed by atoms with Crippen molar-refractivity contribution in [3.05, 3.63) is 65.7 Å². The topological polar surface area (TPSA) is 78.9 Å². The van der Waals surface area contributed by atoms with Gasteiger partial charge >= 0.3 is 5.97 Å². The second-order valence-corrected chi connectivity index (χ2v) is 11.4. The number of benzene rings is 2. The number of hydrogen-bond acceptors (Lipinski definition) is 6. The van der Waals surface area contributed by atoms with Gasteiger partial charge < -0.3 is 14.0 Å². The van der Waals surface area contributed by atoms with Crippen LogP contribution < -0.4 is 9.04 Å². The zero-order chi connectivity index (χ0) is 25.2. The first kappa shape index (κ1) is 25.4. The van der Waals surface area contributed by atoms with E-state index in [9.17, 15) is 13.6 Å². The molecule has 0 amide bonds. The molecule has 1 aliphatic carbocycles. The molecule has 0 spiro atoms. The molecule has 2 aromatic carbocycles. The van der Waals surface area contributed by atoms with E-state index in [2.05, 4.69) is 38.1 Å². The van der Waals surface area contributed by atoms with Crippen LogP contribution in [0.4, 0.5) is 10.7 Å². The number of thiophene rings is 1. The number of methoxy groups -OCH3 is 2. The molecular formula is C27H30NO5S2-. The van der Waals surface area contributed by atoms with E-state index in [1.54, 1.807) is 12.1 Å². The van der Waals surface area contributed by atoms with Crippen molar-refractivity contribution >= 4 is 39.3 Å². The summed E-state index contributed by atoms with van der Waals surface area (Å²) in [5, 5.41) is 0.524. The van der Waals surface area contributed by atoms with E-state index in [-0.39, 0.29) is 11.3 Å². The zero-order valence-electron chi connectivity index (χ0n) is 20.4. The molecule has 186 valence electrons. The predicted octanol–water partition coefficient (Wildman–Crippen LogP) is 6.83. The van der Waals surface area contributed by atoms with Crippen molar-refractivity contribution in [3.8, 4) is 16.2 Å². The number of anilines is 2. The lowest BCUT2D eigenvalue weighted by atomic mass is 9.71. The van der Waals surface area contributed by atoms with Gasteiger partial charge in [0, 0.05) is 4.88 Å². The van der Waals surface area contributed by atoms with E-state index in [0.29, 0.717) is 22.0 Å². The second-order valence-electron chi connectivity index (χ2n) is 9.59. The number of esters is 1. The Morgan fingerprint density at radius 2 is 1.74 bits per heavy atom. The third-order valence-corrected chi connectivity index (χ3v) is 8.69. The molecule has 1 saturated carbocycles. The number of carbonyl (C=O) groups excluding carboxylic acids is 1. The highest BCUT2D eigenvalue weighted by Gasteiger charge is 2.27. The Labute approximate surface area is 213 Å². The summed E-state index contributed by atoms with van der Waals surface area (Å²) < 4.78 is 35.8. The molecular weight excluding hydrogens is 482 g/mol. The summed E-state index contributed by atoms with van der Waals surface area (Å²) in [6.07, 6.45) is 4.94. The summed E-state index contributed by atoms with van der Waals surface area (Å²) in [6.45, 7) is 4.70. The Morgan fingerprint density at radius 3 is 2.34 bits per heavy atom. The van der Waals surface area contributed by atoms with E-state index in [0.717, 1.165) is 10.4 Å². The first-order chi connectivity index (χ1) is 16.7. The average molecular weight is 513 g/mol. The molecule has 1 heterocycles. The lowest BCUT2D eigenvalue weighted by Crippen LogP contribution is -2.20. The van der Waals surface area contributed by atoms with E-state index >= 15 is 0 Å². The third kappa shape index (κ3) is 5.60. The van der Waals surface area contributed by atoms with Crippen LogP contribution in [0.1, 0.15) is 61.4 Å². The highest BCUT2D eigenvalue weighted by atomic mass is 32.2. The predicted molar refractivity (Wildman–Crippen MR) is 140 cm³/mol. The Kier molecular flexibility index (Phi) is 7.64. The first-order valence-electron chi connectivity index (χ1n) is 11.6. The molecule has 0 aliphatic heterocycles. The normalized spacial score (nSPS) is 16.5. The molecule has 0 N–H and O–H groups in total. The van der Waals surface area contributed by atoms with Gasteiger partial charge in [-0.1, -0.05) is 38.1 Å². The molecule has 35 heavy (non-hydrogen) atoms. The Bertz CT molecular complexity index is 1210. The number of ether oxygens (including phenoxy) is 2. The SMILES string of the molecule is COC(=O)c1ccc(N(c2ccc(-c3ccc(C4CCC(C)(C)CC4)cc3)s2)S(=O)[O-])c(OC)c1. The van der Waals surface area contributed by atoms with Crippen LogP contribution in [0.5, 0.6) is 5.75 Å². The van der Waals surface area contributed by atoms with Gasteiger partial charge in [-0.15, -0.1) is 11.3 Å². The van der Waals surface area contributed by atoms with Gasteiger partial charge in [-0.05, 0) is 78.5 Å². The summed E-state index contributed by atoms with van der Waals surface area (Å²) in [4.78, 5) is 12.8. The highest BCUT2D eigenvalue weighted by molar-refractivity contribution is 7.81.